The highest BCUT2D eigenvalue weighted by atomic mass is 35.5. The standard InChI is InChI=1S/C13H14ClN.C2H6/c1-9(2)15-13-6-4-10-7-12(14)5-3-11(10)8-13;1-2/h3,5,7-8,15H,1,4,6H2,2H3;1-2H3. The van der Waals surface area contributed by atoms with Gasteiger partial charge in [-0.25, -0.2) is 0 Å². The van der Waals surface area contributed by atoms with E-state index in [9.17, 15) is 0 Å². The monoisotopic (exact) mass is 249 g/mol. The molecule has 0 fully saturated rings. The van der Waals surface area contributed by atoms with E-state index in [1.807, 2.05) is 32.9 Å². The van der Waals surface area contributed by atoms with Crippen molar-refractivity contribution in [2.24, 2.45) is 0 Å². The molecule has 0 atom stereocenters. The molecule has 92 valence electrons. The van der Waals surface area contributed by atoms with Crippen molar-refractivity contribution in [2.45, 2.75) is 33.6 Å². The summed E-state index contributed by atoms with van der Waals surface area (Å²) in [5.74, 6) is 0. The zero-order chi connectivity index (χ0) is 12.8. The van der Waals surface area contributed by atoms with Gasteiger partial charge in [-0.2, -0.15) is 0 Å². The quantitative estimate of drug-likeness (QED) is 0.796. The summed E-state index contributed by atoms with van der Waals surface area (Å²) in [6.45, 7) is 9.82. The molecular formula is C15H20ClN. The van der Waals surface area contributed by atoms with Gasteiger partial charge in [0.25, 0.3) is 0 Å². The highest BCUT2D eigenvalue weighted by molar-refractivity contribution is 6.30. The Hall–Kier alpha value is -1.21. The highest BCUT2D eigenvalue weighted by Gasteiger charge is 2.10. The SMILES string of the molecule is C=C(C)NC1=Cc2ccc(Cl)cc2CC1.CC. The van der Waals surface area contributed by atoms with Gasteiger partial charge in [0.05, 0.1) is 0 Å². The van der Waals surface area contributed by atoms with Gasteiger partial charge in [-0.15, -0.1) is 0 Å². The molecular weight excluding hydrogens is 230 g/mol. The molecule has 0 unspecified atom stereocenters. The minimum Gasteiger partial charge on any atom is -0.363 e. The van der Waals surface area contributed by atoms with Crippen molar-refractivity contribution in [3.05, 3.63) is 52.3 Å². The van der Waals surface area contributed by atoms with Crippen molar-refractivity contribution in [3.63, 3.8) is 0 Å². The molecule has 1 N–H and O–H groups in total. The minimum absolute atomic E-state index is 0.818. The Morgan fingerprint density at radius 1 is 1.29 bits per heavy atom. The Kier molecular flexibility index (Phi) is 5.30. The Morgan fingerprint density at radius 2 is 2.00 bits per heavy atom. The zero-order valence-corrected chi connectivity index (χ0v) is 11.6. The summed E-state index contributed by atoms with van der Waals surface area (Å²) < 4.78 is 0. The van der Waals surface area contributed by atoms with Gasteiger partial charge in [0, 0.05) is 16.4 Å². The molecule has 0 saturated carbocycles. The molecule has 1 aliphatic rings. The number of aryl methyl sites for hydroxylation is 1. The van der Waals surface area contributed by atoms with Crippen molar-refractivity contribution in [1.29, 1.82) is 0 Å². The van der Waals surface area contributed by atoms with Crippen molar-refractivity contribution in [2.75, 3.05) is 0 Å². The predicted molar refractivity (Wildman–Crippen MR) is 77.0 cm³/mol. The van der Waals surface area contributed by atoms with E-state index in [0.29, 0.717) is 0 Å². The summed E-state index contributed by atoms with van der Waals surface area (Å²) in [6, 6.07) is 6.04. The molecule has 0 amide bonds. The predicted octanol–water partition coefficient (Wildman–Crippen LogP) is 4.78. The molecule has 2 rings (SSSR count). The van der Waals surface area contributed by atoms with E-state index in [1.54, 1.807) is 0 Å². The van der Waals surface area contributed by atoms with Crippen LogP contribution in [0.5, 0.6) is 0 Å². The number of benzene rings is 1. The second-order valence-electron chi connectivity index (χ2n) is 3.92. The summed E-state index contributed by atoms with van der Waals surface area (Å²) in [4.78, 5) is 0. The second-order valence-corrected chi connectivity index (χ2v) is 4.35. The maximum atomic E-state index is 5.95. The van der Waals surface area contributed by atoms with Crippen molar-refractivity contribution < 1.29 is 0 Å². The first-order chi connectivity index (χ1) is 8.15. The fourth-order valence-electron chi connectivity index (χ4n) is 1.83. The molecule has 0 heterocycles. The lowest BCUT2D eigenvalue weighted by Gasteiger charge is -2.18. The molecule has 0 aliphatic heterocycles. The second kappa shape index (κ2) is 6.51. The van der Waals surface area contributed by atoms with E-state index in [-0.39, 0.29) is 0 Å². The van der Waals surface area contributed by atoms with Crippen LogP contribution in [0.25, 0.3) is 6.08 Å². The van der Waals surface area contributed by atoms with Crippen molar-refractivity contribution >= 4 is 17.7 Å². The summed E-state index contributed by atoms with van der Waals surface area (Å²) in [5.41, 5.74) is 4.81. The smallest absolute Gasteiger partial charge is 0.0409 e. The normalized spacial score (nSPS) is 12.8. The summed E-state index contributed by atoms with van der Waals surface area (Å²) in [6.07, 6.45) is 4.24. The van der Waals surface area contributed by atoms with Gasteiger partial charge in [0.15, 0.2) is 0 Å². The summed E-state index contributed by atoms with van der Waals surface area (Å²) in [7, 11) is 0. The molecule has 0 bridgehead atoms. The largest absolute Gasteiger partial charge is 0.363 e. The van der Waals surface area contributed by atoms with Crippen molar-refractivity contribution in [3.8, 4) is 0 Å². The number of nitrogens with one attached hydrogen (secondary N) is 1. The lowest BCUT2D eigenvalue weighted by atomic mass is 9.95. The highest BCUT2D eigenvalue weighted by Crippen LogP contribution is 2.25. The third-order valence-electron chi connectivity index (χ3n) is 2.47. The third kappa shape index (κ3) is 3.94. The van der Waals surface area contributed by atoms with Gasteiger partial charge in [0.2, 0.25) is 0 Å². The minimum atomic E-state index is 0.818. The van der Waals surface area contributed by atoms with Gasteiger partial charge < -0.3 is 5.32 Å². The Morgan fingerprint density at radius 3 is 2.65 bits per heavy atom. The molecule has 0 radical (unpaired) electrons. The van der Waals surface area contributed by atoms with Crippen LogP contribution in [0.4, 0.5) is 0 Å². The molecule has 17 heavy (non-hydrogen) atoms. The van der Waals surface area contributed by atoms with Crippen LogP contribution in [0.2, 0.25) is 5.02 Å². The van der Waals surface area contributed by atoms with E-state index in [4.69, 9.17) is 11.6 Å². The van der Waals surface area contributed by atoms with Crippen LogP contribution in [0.3, 0.4) is 0 Å². The average Bonchev–Trinajstić information content (AvgIpc) is 2.31. The zero-order valence-electron chi connectivity index (χ0n) is 10.8. The lowest BCUT2D eigenvalue weighted by molar-refractivity contribution is 0.829. The molecule has 1 aromatic rings. The van der Waals surface area contributed by atoms with Gasteiger partial charge >= 0.3 is 0 Å². The van der Waals surface area contributed by atoms with Crippen LogP contribution in [0.1, 0.15) is 38.3 Å². The maximum Gasteiger partial charge on any atom is 0.0409 e. The fraction of sp³-hybridized carbons (Fsp3) is 0.333. The molecule has 1 nitrogen and oxygen atoms in total. The summed E-state index contributed by atoms with van der Waals surface area (Å²) >= 11 is 5.95. The molecule has 0 spiro atoms. The van der Waals surface area contributed by atoms with Gasteiger partial charge in [-0.05, 0) is 49.1 Å². The van der Waals surface area contributed by atoms with Crippen LogP contribution in [0, 0.1) is 0 Å². The Bertz CT molecular complexity index is 433. The average molecular weight is 250 g/mol. The van der Waals surface area contributed by atoms with Gasteiger partial charge in [-0.1, -0.05) is 38.1 Å². The topological polar surface area (TPSA) is 12.0 Å². The van der Waals surface area contributed by atoms with E-state index >= 15 is 0 Å². The number of halogens is 1. The van der Waals surface area contributed by atoms with Gasteiger partial charge in [-0.3, -0.25) is 0 Å². The molecule has 0 saturated heterocycles. The van der Waals surface area contributed by atoms with Crippen LogP contribution >= 0.6 is 11.6 Å². The number of hydrogen-bond acceptors (Lipinski definition) is 1. The molecule has 0 aromatic heterocycles. The first kappa shape index (κ1) is 13.9. The van der Waals surface area contributed by atoms with E-state index in [0.717, 1.165) is 23.6 Å². The van der Waals surface area contributed by atoms with Crippen LogP contribution < -0.4 is 5.32 Å². The van der Waals surface area contributed by atoms with Crippen molar-refractivity contribution in [1.82, 2.24) is 5.32 Å². The Balaban J connectivity index is 0.000000686. The third-order valence-corrected chi connectivity index (χ3v) is 2.71. The number of hydrogen-bond donors (Lipinski definition) is 1. The van der Waals surface area contributed by atoms with E-state index < -0.39 is 0 Å². The van der Waals surface area contributed by atoms with E-state index in [1.165, 1.54) is 16.8 Å². The number of rotatable bonds is 2. The fourth-order valence-corrected chi connectivity index (χ4v) is 2.03. The van der Waals surface area contributed by atoms with Crippen LogP contribution in [-0.2, 0) is 6.42 Å². The Labute approximate surface area is 109 Å². The first-order valence-electron chi connectivity index (χ1n) is 6.07. The first-order valence-corrected chi connectivity index (χ1v) is 6.44. The van der Waals surface area contributed by atoms with Crippen LogP contribution in [-0.4, -0.2) is 0 Å². The lowest BCUT2D eigenvalue weighted by Crippen LogP contribution is -2.13. The molecule has 1 aromatic carbocycles. The van der Waals surface area contributed by atoms with Gasteiger partial charge in [0.1, 0.15) is 0 Å². The molecule has 2 heteroatoms. The summed E-state index contributed by atoms with van der Waals surface area (Å²) in [5, 5.41) is 4.09. The number of fused-ring (bicyclic) bond motifs is 1. The van der Waals surface area contributed by atoms with E-state index in [2.05, 4.69) is 24.0 Å². The van der Waals surface area contributed by atoms with Crippen LogP contribution in [0.15, 0.2) is 36.2 Å². The molecule has 1 aliphatic carbocycles. The maximum absolute atomic E-state index is 5.95. The number of allylic oxidation sites excluding steroid dienone is 2.